The van der Waals surface area contributed by atoms with Gasteiger partial charge >= 0.3 is 6.03 Å². The molecule has 0 saturated carbocycles. The molecule has 1 aromatic heterocycles. The summed E-state index contributed by atoms with van der Waals surface area (Å²) in [6, 6.07) is 3.89. The number of urea groups is 1. The predicted octanol–water partition coefficient (Wildman–Crippen LogP) is 4.51. The monoisotopic (exact) mass is 339 g/mol. The molecule has 0 aliphatic carbocycles. The van der Waals surface area contributed by atoms with Crippen LogP contribution in [0.15, 0.2) is 12.1 Å². The second-order valence-electron chi connectivity index (χ2n) is 5.99. The van der Waals surface area contributed by atoms with Gasteiger partial charge in [-0.1, -0.05) is 37.0 Å². The fraction of sp³-hybridized carbons (Fsp3) is 0.438. The molecular formula is C16H19Cl2N3O. The van der Waals surface area contributed by atoms with Gasteiger partial charge in [0, 0.05) is 29.0 Å². The van der Waals surface area contributed by atoms with E-state index in [-0.39, 0.29) is 6.03 Å². The van der Waals surface area contributed by atoms with Crippen molar-refractivity contribution < 1.29 is 4.79 Å². The number of benzene rings is 1. The third-order valence-corrected chi connectivity index (χ3v) is 4.86. The third kappa shape index (κ3) is 2.77. The Hall–Kier alpha value is -1.39. The summed E-state index contributed by atoms with van der Waals surface area (Å²) >= 11 is 12.7. The maximum atomic E-state index is 11.9. The van der Waals surface area contributed by atoms with E-state index in [0.29, 0.717) is 17.5 Å². The van der Waals surface area contributed by atoms with Crippen molar-refractivity contribution in [3.8, 4) is 0 Å². The summed E-state index contributed by atoms with van der Waals surface area (Å²) in [7, 11) is 0. The van der Waals surface area contributed by atoms with Gasteiger partial charge in [0.25, 0.3) is 0 Å². The Labute approximate surface area is 139 Å². The third-order valence-electron chi connectivity index (χ3n) is 4.11. The highest BCUT2D eigenvalue weighted by molar-refractivity contribution is 6.37. The highest BCUT2D eigenvalue weighted by Gasteiger charge is 2.20. The van der Waals surface area contributed by atoms with Gasteiger partial charge in [-0.2, -0.15) is 0 Å². The zero-order chi connectivity index (χ0) is 15.9. The van der Waals surface area contributed by atoms with Crippen molar-refractivity contribution in [2.24, 2.45) is 0 Å². The molecule has 0 unspecified atom stereocenters. The highest BCUT2D eigenvalue weighted by atomic mass is 35.5. The molecule has 2 aromatic rings. The molecule has 0 bridgehead atoms. The average molecular weight is 340 g/mol. The highest BCUT2D eigenvalue weighted by Crippen LogP contribution is 2.34. The van der Waals surface area contributed by atoms with Crippen LogP contribution in [0.1, 0.15) is 37.4 Å². The number of likely N-dealkylation sites (tertiary alicyclic amines) is 1. The smallest absolute Gasteiger partial charge is 0.317 e. The van der Waals surface area contributed by atoms with E-state index in [9.17, 15) is 4.79 Å². The number of carbonyl (C=O) groups is 1. The van der Waals surface area contributed by atoms with Crippen LogP contribution in [0.4, 0.5) is 4.79 Å². The number of hydrogen-bond donors (Lipinski definition) is 2. The molecule has 22 heavy (non-hydrogen) atoms. The van der Waals surface area contributed by atoms with Crippen molar-refractivity contribution in [1.82, 2.24) is 15.2 Å². The molecule has 1 fully saturated rings. The van der Waals surface area contributed by atoms with Crippen LogP contribution in [-0.4, -0.2) is 29.0 Å². The van der Waals surface area contributed by atoms with Crippen molar-refractivity contribution in [2.45, 2.75) is 32.7 Å². The first-order chi connectivity index (χ1) is 10.5. The number of carbonyl (C=O) groups excluding carboxylic acids is 1. The van der Waals surface area contributed by atoms with E-state index in [1.807, 2.05) is 12.1 Å². The van der Waals surface area contributed by atoms with Gasteiger partial charge in [0.15, 0.2) is 0 Å². The van der Waals surface area contributed by atoms with E-state index in [0.717, 1.165) is 46.7 Å². The van der Waals surface area contributed by atoms with Gasteiger partial charge in [0.2, 0.25) is 0 Å². The lowest BCUT2D eigenvalue weighted by atomic mass is 10.0. The number of aromatic amines is 1. The second-order valence-corrected chi connectivity index (χ2v) is 6.78. The summed E-state index contributed by atoms with van der Waals surface area (Å²) in [6.07, 6.45) is 1.08. The van der Waals surface area contributed by atoms with Crippen LogP contribution in [0.3, 0.4) is 0 Å². The molecule has 3 rings (SSSR count). The largest absolute Gasteiger partial charge is 0.356 e. The maximum absolute atomic E-state index is 11.9. The molecule has 1 aliphatic heterocycles. The quantitative estimate of drug-likeness (QED) is 0.848. The van der Waals surface area contributed by atoms with Crippen LogP contribution >= 0.6 is 23.2 Å². The SMILES string of the molecule is CC(C)c1cc2[nH]c(CNC(=O)N3CCC3)c(Cl)c2cc1Cl. The van der Waals surface area contributed by atoms with Crippen molar-refractivity contribution in [1.29, 1.82) is 0 Å². The number of halogens is 2. The van der Waals surface area contributed by atoms with Gasteiger partial charge < -0.3 is 15.2 Å². The minimum absolute atomic E-state index is 0.0399. The molecule has 2 heterocycles. The lowest BCUT2D eigenvalue weighted by Gasteiger charge is -2.30. The standard InChI is InChI=1S/C16H19Cl2N3O/c1-9(2)10-7-13-11(6-12(10)17)15(18)14(20-13)8-19-16(22)21-4-3-5-21/h6-7,9,20H,3-5,8H2,1-2H3,(H,19,22). The van der Waals surface area contributed by atoms with Crippen molar-refractivity contribution >= 4 is 40.1 Å². The average Bonchev–Trinajstić information content (AvgIpc) is 2.70. The first kappa shape index (κ1) is 15.5. The number of fused-ring (bicyclic) bond motifs is 1. The van der Waals surface area contributed by atoms with Crippen LogP contribution in [0.5, 0.6) is 0 Å². The molecule has 1 saturated heterocycles. The van der Waals surface area contributed by atoms with Gasteiger partial charge in [0.1, 0.15) is 0 Å². The lowest BCUT2D eigenvalue weighted by Crippen LogP contribution is -2.47. The topological polar surface area (TPSA) is 48.1 Å². The summed E-state index contributed by atoms with van der Waals surface area (Å²) in [5.41, 5.74) is 2.84. The number of nitrogens with zero attached hydrogens (tertiary/aromatic N) is 1. The van der Waals surface area contributed by atoms with Crippen LogP contribution in [0.2, 0.25) is 10.0 Å². The van der Waals surface area contributed by atoms with E-state index in [2.05, 4.69) is 24.1 Å². The van der Waals surface area contributed by atoms with E-state index in [1.54, 1.807) is 4.90 Å². The normalized spacial score (nSPS) is 14.5. The Kier molecular flexibility index (Phi) is 4.24. The first-order valence-corrected chi connectivity index (χ1v) is 8.25. The van der Waals surface area contributed by atoms with Crippen molar-refractivity contribution in [3.05, 3.63) is 33.4 Å². The minimum atomic E-state index is -0.0399. The zero-order valence-corrected chi connectivity index (χ0v) is 14.2. The van der Waals surface area contributed by atoms with Crippen LogP contribution < -0.4 is 5.32 Å². The summed E-state index contributed by atoms with van der Waals surface area (Å²) in [6.45, 7) is 6.26. The van der Waals surface area contributed by atoms with E-state index in [4.69, 9.17) is 23.2 Å². The number of rotatable bonds is 3. The molecule has 1 aliphatic rings. The molecule has 6 heteroatoms. The van der Waals surface area contributed by atoms with Gasteiger partial charge in [-0.3, -0.25) is 0 Å². The van der Waals surface area contributed by atoms with Crippen molar-refractivity contribution in [2.75, 3.05) is 13.1 Å². The van der Waals surface area contributed by atoms with E-state index < -0.39 is 0 Å². The fourth-order valence-electron chi connectivity index (χ4n) is 2.61. The molecule has 1 aromatic carbocycles. The van der Waals surface area contributed by atoms with E-state index >= 15 is 0 Å². The van der Waals surface area contributed by atoms with Crippen LogP contribution in [-0.2, 0) is 6.54 Å². The predicted molar refractivity (Wildman–Crippen MR) is 90.8 cm³/mol. The van der Waals surface area contributed by atoms with Gasteiger partial charge in [0.05, 0.1) is 17.3 Å². The molecule has 4 nitrogen and oxygen atoms in total. The molecule has 118 valence electrons. The Morgan fingerprint density at radius 2 is 2.09 bits per heavy atom. The molecule has 0 atom stereocenters. The summed E-state index contributed by atoms with van der Waals surface area (Å²) in [5.74, 6) is 0.341. The number of aromatic nitrogens is 1. The molecule has 2 amide bonds. The number of hydrogen-bond acceptors (Lipinski definition) is 1. The van der Waals surface area contributed by atoms with Gasteiger partial charge in [-0.15, -0.1) is 0 Å². The number of H-pyrrole nitrogens is 1. The summed E-state index contributed by atoms with van der Waals surface area (Å²) < 4.78 is 0. The van der Waals surface area contributed by atoms with Crippen LogP contribution in [0, 0.1) is 0 Å². The summed E-state index contributed by atoms with van der Waals surface area (Å²) in [4.78, 5) is 16.9. The second kappa shape index (κ2) is 6.01. The minimum Gasteiger partial charge on any atom is -0.356 e. The van der Waals surface area contributed by atoms with Gasteiger partial charge in [-0.25, -0.2) is 4.79 Å². The fourth-order valence-corrected chi connectivity index (χ4v) is 3.27. The first-order valence-electron chi connectivity index (χ1n) is 7.49. The summed E-state index contributed by atoms with van der Waals surface area (Å²) in [5, 5.41) is 5.13. The Balaban J connectivity index is 1.84. The van der Waals surface area contributed by atoms with Gasteiger partial charge in [-0.05, 0) is 30.0 Å². The Bertz CT molecular complexity index is 720. The molecule has 2 N–H and O–H groups in total. The van der Waals surface area contributed by atoms with Crippen molar-refractivity contribution in [3.63, 3.8) is 0 Å². The molecular weight excluding hydrogens is 321 g/mol. The molecule has 0 radical (unpaired) electrons. The number of nitrogens with one attached hydrogen (secondary N) is 2. The lowest BCUT2D eigenvalue weighted by molar-refractivity contribution is 0.167. The maximum Gasteiger partial charge on any atom is 0.317 e. The Morgan fingerprint density at radius 1 is 1.36 bits per heavy atom. The van der Waals surface area contributed by atoms with Crippen LogP contribution in [0.25, 0.3) is 10.9 Å². The zero-order valence-electron chi connectivity index (χ0n) is 12.7. The Morgan fingerprint density at radius 3 is 2.68 bits per heavy atom. The number of amides is 2. The van der Waals surface area contributed by atoms with E-state index in [1.165, 1.54) is 0 Å². The molecule has 0 spiro atoms.